The Morgan fingerprint density at radius 2 is 1.67 bits per heavy atom. The molecule has 2 nitrogen and oxygen atoms in total. The molecule has 0 aromatic heterocycles. The van der Waals surface area contributed by atoms with Crippen LogP contribution < -0.4 is 24.8 Å². The first-order valence-electron chi connectivity index (χ1n) is 10.6. The van der Waals surface area contributed by atoms with Crippen molar-refractivity contribution in [3.05, 3.63) is 70.3 Å². The second-order valence-corrected chi connectivity index (χ2v) is 10.1. The van der Waals surface area contributed by atoms with Crippen LogP contribution in [-0.2, 0) is 22.9 Å². The number of carbonyl (C=O) groups excluding carboxylic acids is 1. The topological polar surface area (TPSA) is 26.3 Å². The van der Waals surface area contributed by atoms with E-state index in [1.54, 1.807) is 22.3 Å². The number of allylic oxidation sites excluding steroid dienone is 4. The molecule has 0 N–H and O–H groups in total. The molecule has 0 radical (unpaired) electrons. The molecule has 0 bridgehead atoms. The third-order valence-corrected chi connectivity index (χ3v) is 8.67. The van der Waals surface area contributed by atoms with Crippen molar-refractivity contribution in [3.63, 3.8) is 0 Å². The molecule has 3 aliphatic rings. The van der Waals surface area contributed by atoms with Gasteiger partial charge in [0, 0.05) is 0 Å². The molecule has 2 unspecified atom stereocenters. The average molecular weight is 477 g/mol. The Hall–Kier alpha value is -1.06. The first-order valence-corrected chi connectivity index (χ1v) is 12.2. The van der Waals surface area contributed by atoms with Gasteiger partial charge in [0.2, 0.25) is 0 Å². The monoisotopic (exact) mass is 476 g/mol. The minimum Gasteiger partial charge on any atom is -1.00 e. The van der Waals surface area contributed by atoms with Crippen molar-refractivity contribution < 1.29 is 52.5 Å². The molecular weight excluding hydrogens is 451 g/mol. The standard InChI is InChI=1S/C14H19.C11H8O2.2ClH.Ti/c1-10-11-6-2-4-8-13(11)14-9-5-3-7-12(10)14;12-11(13)10-7-3-5-8-4-1-2-6-9(8)10;;;/h6,10H,2-5,7-9H2,1H3;1-7H,(H,12,13);2*1H;/q;;;;+3/p-3. The van der Waals surface area contributed by atoms with E-state index in [2.05, 4.69) is 19.1 Å². The van der Waals surface area contributed by atoms with Gasteiger partial charge in [-0.3, -0.25) is 0 Å². The Morgan fingerprint density at radius 1 is 0.933 bits per heavy atom. The SMILES string of the molecule is CC1C2=C(CCCC2)C2=C1[CH]([Ti+2][O]C(=O)c1cccc3ccccc13)CCC2.[Cl-].[Cl-]. The molecule has 0 amide bonds. The Kier molecular flexibility index (Phi) is 7.90. The fourth-order valence-electron chi connectivity index (χ4n) is 5.53. The Morgan fingerprint density at radius 3 is 2.53 bits per heavy atom. The predicted octanol–water partition coefficient (Wildman–Crippen LogP) is 0.791. The van der Waals surface area contributed by atoms with Crippen molar-refractivity contribution >= 4 is 16.7 Å². The van der Waals surface area contributed by atoms with E-state index in [0.29, 0.717) is 15.7 Å². The van der Waals surface area contributed by atoms with Crippen LogP contribution in [-0.4, -0.2) is 5.97 Å². The zero-order valence-corrected chi connectivity index (χ0v) is 20.3. The molecule has 2 atom stereocenters. The van der Waals surface area contributed by atoms with Gasteiger partial charge < -0.3 is 24.8 Å². The predicted molar refractivity (Wildman–Crippen MR) is 109 cm³/mol. The number of benzene rings is 2. The molecule has 0 fully saturated rings. The fourth-order valence-corrected chi connectivity index (χ4v) is 7.45. The van der Waals surface area contributed by atoms with Crippen LogP contribution >= 0.6 is 0 Å². The molecule has 156 valence electrons. The molecule has 2 aromatic carbocycles. The van der Waals surface area contributed by atoms with Crippen LogP contribution in [0.5, 0.6) is 0 Å². The van der Waals surface area contributed by atoms with Crippen LogP contribution in [0.4, 0.5) is 0 Å². The summed E-state index contributed by atoms with van der Waals surface area (Å²) in [5.74, 6) is 0.462. The first-order chi connectivity index (χ1) is 13.7. The first kappa shape index (κ1) is 23.6. The van der Waals surface area contributed by atoms with Gasteiger partial charge in [-0.15, -0.1) is 0 Å². The second kappa shape index (κ2) is 10.0. The summed E-state index contributed by atoms with van der Waals surface area (Å²) in [6.45, 7) is 2.40. The minimum atomic E-state index is -0.802. The third kappa shape index (κ3) is 4.17. The molecule has 30 heavy (non-hydrogen) atoms. The van der Waals surface area contributed by atoms with E-state index >= 15 is 0 Å². The maximum atomic E-state index is 12.9. The molecule has 2 aromatic rings. The Labute approximate surface area is 200 Å². The van der Waals surface area contributed by atoms with Crippen LogP contribution in [0.2, 0.25) is 4.22 Å². The summed E-state index contributed by atoms with van der Waals surface area (Å²) in [7, 11) is 0. The van der Waals surface area contributed by atoms with Crippen LogP contribution in [0, 0.1) is 5.92 Å². The number of rotatable bonds is 3. The zero-order chi connectivity index (χ0) is 19.1. The molecule has 0 aliphatic heterocycles. The maximum Gasteiger partial charge on any atom is -1.00 e. The van der Waals surface area contributed by atoms with Gasteiger partial charge in [-0.2, -0.15) is 0 Å². The van der Waals surface area contributed by atoms with Crippen molar-refractivity contribution in [3.8, 4) is 0 Å². The minimum absolute atomic E-state index is 0. The summed E-state index contributed by atoms with van der Waals surface area (Å²) in [4.78, 5) is 12.9. The molecule has 0 spiro atoms. The third-order valence-electron chi connectivity index (χ3n) is 6.81. The van der Waals surface area contributed by atoms with Crippen molar-refractivity contribution in [2.75, 3.05) is 0 Å². The molecule has 3 aliphatic carbocycles. The van der Waals surface area contributed by atoms with E-state index in [1.165, 1.54) is 44.9 Å². The largest absolute Gasteiger partial charge is 1.00 e. The summed E-state index contributed by atoms with van der Waals surface area (Å²) in [6, 6.07) is 14.0. The van der Waals surface area contributed by atoms with E-state index < -0.39 is 19.5 Å². The maximum absolute atomic E-state index is 12.9. The summed E-state index contributed by atoms with van der Waals surface area (Å²) in [5, 5.41) is 2.09. The van der Waals surface area contributed by atoms with E-state index in [-0.39, 0.29) is 30.8 Å². The van der Waals surface area contributed by atoms with Gasteiger partial charge in [0.05, 0.1) is 0 Å². The van der Waals surface area contributed by atoms with E-state index in [4.69, 9.17) is 3.32 Å². The van der Waals surface area contributed by atoms with Crippen LogP contribution in [0.1, 0.15) is 62.2 Å². The van der Waals surface area contributed by atoms with Crippen molar-refractivity contribution in [1.82, 2.24) is 0 Å². The molecule has 0 saturated carbocycles. The summed E-state index contributed by atoms with van der Waals surface area (Å²) in [5.41, 5.74) is 7.46. The number of fused-ring (bicyclic) bond motifs is 2. The summed E-state index contributed by atoms with van der Waals surface area (Å²) >= 11 is -0.802. The summed E-state index contributed by atoms with van der Waals surface area (Å²) in [6.07, 6.45) is 8.96. The second-order valence-electron chi connectivity index (χ2n) is 8.35. The van der Waals surface area contributed by atoms with Gasteiger partial charge in [0.15, 0.2) is 0 Å². The van der Waals surface area contributed by atoms with Gasteiger partial charge in [0.1, 0.15) is 0 Å². The van der Waals surface area contributed by atoms with Crippen molar-refractivity contribution in [1.29, 1.82) is 0 Å². The van der Waals surface area contributed by atoms with Gasteiger partial charge in [-0.05, 0) is 0 Å². The molecule has 0 heterocycles. The van der Waals surface area contributed by atoms with Crippen molar-refractivity contribution in [2.24, 2.45) is 5.92 Å². The van der Waals surface area contributed by atoms with E-state index in [1.807, 2.05) is 30.3 Å². The smallest absolute Gasteiger partial charge is 1.00 e. The van der Waals surface area contributed by atoms with E-state index in [0.717, 1.165) is 10.8 Å². The van der Waals surface area contributed by atoms with Crippen LogP contribution in [0.3, 0.4) is 0 Å². The molecular formula is C25H26Cl2O2Ti. The average Bonchev–Trinajstić information content (AvgIpc) is 3.05. The normalized spacial score (nSPS) is 22.4. The van der Waals surface area contributed by atoms with Gasteiger partial charge >= 0.3 is 177 Å². The van der Waals surface area contributed by atoms with E-state index in [9.17, 15) is 4.79 Å². The number of halogens is 2. The van der Waals surface area contributed by atoms with Crippen LogP contribution in [0.15, 0.2) is 64.8 Å². The Balaban J connectivity index is 0.00000128. The molecule has 0 saturated heterocycles. The molecule has 5 rings (SSSR count). The number of hydrogen-bond acceptors (Lipinski definition) is 2. The summed E-state index contributed by atoms with van der Waals surface area (Å²) < 4.78 is 6.54. The van der Waals surface area contributed by atoms with Gasteiger partial charge in [-0.1, -0.05) is 0 Å². The quantitative estimate of drug-likeness (QED) is 0.612. The Bertz CT molecular complexity index is 1010. The van der Waals surface area contributed by atoms with Crippen molar-refractivity contribution in [2.45, 2.75) is 56.1 Å². The number of carbonyl (C=O) groups is 1. The molecule has 5 heteroatoms. The zero-order valence-electron chi connectivity index (χ0n) is 17.2. The van der Waals surface area contributed by atoms with Gasteiger partial charge in [0.25, 0.3) is 0 Å². The fraction of sp³-hybridized carbons (Fsp3) is 0.400. The number of hydrogen-bond donors (Lipinski definition) is 0. The van der Waals surface area contributed by atoms with Gasteiger partial charge in [-0.25, -0.2) is 0 Å². The van der Waals surface area contributed by atoms with Crippen LogP contribution in [0.25, 0.3) is 10.8 Å².